The summed E-state index contributed by atoms with van der Waals surface area (Å²) in [5, 5.41) is 1.94. The summed E-state index contributed by atoms with van der Waals surface area (Å²) in [5.74, 6) is -1.43. The topological polar surface area (TPSA) is 49.4 Å². The van der Waals surface area contributed by atoms with Crippen LogP contribution in [0.1, 0.15) is 25.3 Å². The van der Waals surface area contributed by atoms with E-state index in [1.54, 1.807) is 0 Å². The molecule has 1 aliphatic rings. The zero-order valence-corrected chi connectivity index (χ0v) is 13.2. The molecular weight excluding hydrogens is 333 g/mol. The Morgan fingerprint density at radius 2 is 1.87 bits per heavy atom. The van der Waals surface area contributed by atoms with Crippen molar-refractivity contribution in [2.24, 2.45) is 5.92 Å². The van der Waals surface area contributed by atoms with Crippen LogP contribution in [0.25, 0.3) is 0 Å². The van der Waals surface area contributed by atoms with Crippen LogP contribution in [0.2, 0.25) is 5.02 Å². The summed E-state index contributed by atoms with van der Waals surface area (Å²) < 4.78 is 38.9. The average molecular weight is 349 g/mol. The number of rotatable bonds is 1. The molecule has 0 aliphatic carbocycles. The second-order valence-electron chi connectivity index (χ2n) is 5.62. The number of carbonyl (C=O) groups is 2. The maximum Gasteiger partial charge on any atom is 0.418 e. The van der Waals surface area contributed by atoms with Gasteiger partial charge >= 0.3 is 18.0 Å². The molecule has 0 atom stereocenters. The fourth-order valence-electron chi connectivity index (χ4n) is 2.39. The number of hydrogen-bond acceptors (Lipinski definition) is 2. The van der Waals surface area contributed by atoms with Crippen molar-refractivity contribution in [2.45, 2.75) is 25.9 Å². The first kappa shape index (κ1) is 17.6. The molecule has 1 aromatic rings. The van der Waals surface area contributed by atoms with Gasteiger partial charge in [0.15, 0.2) is 0 Å². The average Bonchev–Trinajstić information content (AvgIpc) is 2.48. The molecule has 1 aromatic carbocycles. The molecule has 0 unspecified atom stereocenters. The lowest BCUT2D eigenvalue weighted by atomic mass is 9.99. The number of likely N-dealkylation sites (tertiary alicyclic amines) is 1. The van der Waals surface area contributed by atoms with Crippen molar-refractivity contribution in [1.82, 2.24) is 4.90 Å². The van der Waals surface area contributed by atoms with Crippen LogP contribution in [0.5, 0.6) is 0 Å². The van der Waals surface area contributed by atoms with E-state index in [1.165, 1.54) is 11.0 Å². The SMILES string of the molecule is CC1CCN(C(=O)C(=O)Nc2ccc(Cl)cc2C(F)(F)F)CC1. The molecule has 23 heavy (non-hydrogen) atoms. The van der Waals surface area contributed by atoms with E-state index in [4.69, 9.17) is 11.6 Å². The number of amides is 2. The zero-order valence-electron chi connectivity index (χ0n) is 12.4. The van der Waals surface area contributed by atoms with Crippen molar-refractivity contribution in [3.8, 4) is 0 Å². The highest BCUT2D eigenvalue weighted by molar-refractivity contribution is 6.39. The molecule has 0 radical (unpaired) electrons. The number of nitrogens with zero attached hydrogens (tertiary/aromatic N) is 1. The van der Waals surface area contributed by atoms with Gasteiger partial charge in [-0.05, 0) is 37.0 Å². The molecule has 0 saturated carbocycles. The first-order chi connectivity index (χ1) is 10.7. The van der Waals surface area contributed by atoms with Gasteiger partial charge in [0.25, 0.3) is 0 Å². The summed E-state index contributed by atoms with van der Waals surface area (Å²) >= 11 is 5.57. The van der Waals surface area contributed by atoms with E-state index in [1.807, 2.05) is 12.2 Å². The molecule has 0 spiro atoms. The summed E-state index contributed by atoms with van der Waals surface area (Å²) in [4.78, 5) is 25.4. The summed E-state index contributed by atoms with van der Waals surface area (Å²) in [5.41, 5.74) is -1.57. The zero-order chi connectivity index (χ0) is 17.2. The van der Waals surface area contributed by atoms with Gasteiger partial charge in [0.1, 0.15) is 0 Å². The van der Waals surface area contributed by atoms with Crippen LogP contribution in [-0.2, 0) is 15.8 Å². The molecule has 0 bridgehead atoms. The number of nitrogens with one attached hydrogen (secondary N) is 1. The second kappa shape index (κ2) is 6.78. The lowest BCUT2D eigenvalue weighted by Gasteiger charge is -2.29. The number of halogens is 4. The first-order valence-corrected chi connectivity index (χ1v) is 7.53. The largest absolute Gasteiger partial charge is 0.418 e. The lowest BCUT2D eigenvalue weighted by Crippen LogP contribution is -2.44. The monoisotopic (exact) mass is 348 g/mol. The van der Waals surface area contributed by atoms with Crippen molar-refractivity contribution >= 4 is 29.1 Å². The normalized spacial score (nSPS) is 16.3. The smallest absolute Gasteiger partial charge is 0.334 e. The number of alkyl halides is 3. The van der Waals surface area contributed by atoms with Crippen molar-refractivity contribution in [1.29, 1.82) is 0 Å². The maximum absolute atomic E-state index is 13.0. The van der Waals surface area contributed by atoms with Crippen molar-refractivity contribution < 1.29 is 22.8 Å². The fraction of sp³-hybridized carbons (Fsp3) is 0.467. The van der Waals surface area contributed by atoms with Crippen LogP contribution < -0.4 is 5.32 Å². The Kier molecular flexibility index (Phi) is 5.19. The minimum atomic E-state index is -4.68. The maximum atomic E-state index is 13.0. The van der Waals surface area contributed by atoms with Crippen molar-refractivity contribution in [2.75, 3.05) is 18.4 Å². The molecule has 126 valence electrons. The highest BCUT2D eigenvalue weighted by Crippen LogP contribution is 2.36. The van der Waals surface area contributed by atoms with Gasteiger partial charge in [0.05, 0.1) is 11.3 Å². The van der Waals surface area contributed by atoms with E-state index in [-0.39, 0.29) is 5.02 Å². The van der Waals surface area contributed by atoms with Crippen LogP contribution in [-0.4, -0.2) is 29.8 Å². The molecule has 1 fully saturated rings. The Bertz CT molecular complexity index is 611. The molecule has 1 heterocycles. The van der Waals surface area contributed by atoms with E-state index < -0.39 is 29.2 Å². The lowest BCUT2D eigenvalue weighted by molar-refractivity contribution is -0.144. The molecule has 8 heteroatoms. The quantitative estimate of drug-likeness (QED) is 0.789. The van der Waals surface area contributed by atoms with Gasteiger partial charge < -0.3 is 10.2 Å². The third-order valence-corrected chi connectivity index (χ3v) is 4.04. The second-order valence-corrected chi connectivity index (χ2v) is 6.05. The third-order valence-electron chi connectivity index (χ3n) is 3.80. The van der Waals surface area contributed by atoms with Gasteiger partial charge in [0.2, 0.25) is 0 Å². The number of hydrogen-bond donors (Lipinski definition) is 1. The van der Waals surface area contributed by atoms with Crippen molar-refractivity contribution in [3.05, 3.63) is 28.8 Å². The minimum absolute atomic E-state index is 0.105. The van der Waals surface area contributed by atoms with Gasteiger partial charge in [-0.2, -0.15) is 13.2 Å². The Labute approximate surface area is 136 Å². The highest BCUT2D eigenvalue weighted by atomic mass is 35.5. The Morgan fingerprint density at radius 3 is 2.43 bits per heavy atom. The molecule has 4 nitrogen and oxygen atoms in total. The first-order valence-electron chi connectivity index (χ1n) is 7.15. The summed E-state index contributed by atoms with van der Waals surface area (Å²) in [7, 11) is 0. The Hall–Kier alpha value is -1.76. The molecule has 2 amide bonds. The van der Waals surface area contributed by atoms with Gasteiger partial charge in [-0.3, -0.25) is 9.59 Å². The van der Waals surface area contributed by atoms with Crippen LogP contribution in [0.4, 0.5) is 18.9 Å². The van der Waals surface area contributed by atoms with Crippen LogP contribution in [0, 0.1) is 5.92 Å². The van der Waals surface area contributed by atoms with Crippen LogP contribution in [0.15, 0.2) is 18.2 Å². The van der Waals surface area contributed by atoms with Crippen LogP contribution >= 0.6 is 11.6 Å². The highest BCUT2D eigenvalue weighted by Gasteiger charge is 2.35. The molecule has 1 aliphatic heterocycles. The van der Waals surface area contributed by atoms with E-state index >= 15 is 0 Å². The van der Waals surface area contributed by atoms with Gasteiger partial charge in [0, 0.05) is 18.1 Å². The van der Waals surface area contributed by atoms with E-state index in [0.29, 0.717) is 25.1 Å². The molecule has 0 aromatic heterocycles. The predicted molar refractivity (Wildman–Crippen MR) is 80.1 cm³/mol. The number of benzene rings is 1. The van der Waals surface area contributed by atoms with Gasteiger partial charge in [-0.25, -0.2) is 0 Å². The number of piperidine rings is 1. The van der Waals surface area contributed by atoms with E-state index in [9.17, 15) is 22.8 Å². The molecular formula is C15H16ClF3N2O2. The van der Waals surface area contributed by atoms with E-state index in [2.05, 4.69) is 0 Å². The number of carbonyl (C=O) groups excluding carboxylic acids is 2. The number of anilines is 1. The predicted octanol–water partition coefficient (Wildman–Crippen LogP) is 3.56. The third kappa shape index (κ3) is 4.37. The summed E-state index contributed by atoms with van der Waals surface area (Å²) in [6.45, 7) is 2.91. The summed E-state index contributed by atoms with van der Waals surface area (Å²) in [6, 6.07) is 2.97. The molecule has 1 N–H and O–H groups in total. The Balaban J connectivity index is 2.13. The Morgan fingerprint density at radius 1 is 1.26 bits per heavy atom. The minimum Gasteiger partial charge on any atom is -0.334 e. The summed E-state index contributed by atoms with van der Waals surface area (Å²) in [6.07, 6.45) is -3.14. The van der Waals surface area contributed by atoms with Gasteiger partial charge in [-0.1, -0.05) is 18.5 Å². The molecule has 1 saturated heterocycles. The van der Waals surface area contributed by atoms with E-state index in [0.717, 1.165) is 18.9 Å². The molecule has 2 rings (SSSR count). The standard InChI is InChI=1S/C15H16ClF3N2O2/c1-9-4-6-21(7-5-9)14(23)13(22)20-12-3-2-10(16)8-11(12)15(17,18)19/h2-3,8-9H,4-7H2,1H3,(H,20,22). The fourth-order valence-corrected chi connectivity index (χ4v) is 2.56. The van der Waals surface area contributed by atoms with Crippen molar-refractivity contribution in [3.63, 3.8) is 0 Å². The van der Waals surface area contributed by atoms with Gasteiger partial charge in [-0.15, -0.1) is 0 Å². The van der Waals surface area contributed by atoms with Crippen LogP contribution in [0.3, 0.4) is 0 Å².